The number of carbonyl (C=O) groups is 1. The highest BCUT2D eigenvalue weighted by Crippen LogP contribution is 2.26. The van der Waals surface area contributed by atoms with Gasteiger partial charge in [0.15, 0.2) is 5.13 Å². The molecule has 0 unspecified atom stereocenters. The Morgan fingerprint density at radius 2 is 2.05 bits per heavy atom. The summed E-state index contributed by atoms with van der Waals surface area (Å²) in [6, 6.07) is 7.72. The Morgan fingerprint density at radius 3 is 2.71 bits per heavy atom. The highest BCUT2D eigenvalue weighted by Gasteiger charge is 2.08. The molecule has 5 heteroatoms. The average Bonchev–Trinajstić information content (AvgIpc) is 2.96. The van der Waals surface area contributed by atoms with Crippen molar-refractivity contribution in [3.8, 4) is 17.0 Å². The number of amides is 1. The van der Waals surface area contributed by atoms with Crippen LogP contribution >= 0.6 is 11.3 Å². The van der Waals surface area contributed by atoms with E-state index in [1.54, 1.807) is 7.11 Å². The maximum absolute atomic E-state index is 11.8. The zero-order valence-corrected chi connectivity index (χ0v) is 13.2. The van der Waals surface area contributed by atoms with Gasteiger partial charge >= 0.3 is 0 Å². The molecule has 2 aromatic rings. The molecule has 0 fully saturated rings. The Morgan fingerprint density at radius 1 is 1.29 bits per heavy atom. The molecule has 2 rings (SSSR count). The molecule has 1 N–H and O–H groups in total. The Bertz CT molecular complexity index is 578. The lowest BCUT2D eigenvalue weighted by atomic mass is 10.2. The molecule has 1 amide bonds. The lowest BCUT2D eigenvalue weighted by Gasteiger charge is -2.01. The maximum atomic E-state index is 11.8. The molecule has 0 aliphatic carbocycles. The first-order chi connectivity index (χ1) is 10.2. The second kappa shape index (κ2) is 7.78. The van der Waals surface area contributed by atoms with Gasteiger partial charge in [0.05, 0.1) is 12.8 Å². The van der Waals surface area contributed by atoms with Crippen LogP contribution in [0, 0.1) is 0 Å². The Balaban J connectivity index is 1.95. The predicted molar refractivity (Wildman–Crippen MR) is 86.9 cm³/mol. The molecule has 1 aromatic heterocycles. The molecule has 0 saturated carbocycles. The summed E-state index contributed by atoms with van der Waals surface area (Å²) in [6.45, 7) is 2.12. The summed E-state index contributed by atoms with van der Waals surface area (Å²) in [5, 5.41) is 5.46. The van der Waals surface area contributed by atoms with Gasteiger partial charge in [-0.25, -0.2) is 4.98 Å². The first kappa shape index (κ1) is 15.5. The van der Waals surface area contributed by atoms with Gasteiger partial charge in [-0.2, -0.15) is 0 Å². The van der Waals surface area contributed by atoms with E-state index in [-0.39, 0.29) is 5.91 Å². The summed E-state index contributed by atoms with van der Waals surface area (Å²) < 4.78 is 5.13. The normalized spacial score (nSPS) is 10.4. The van der Waals surface area contributed by atoms with Crippen molar-refractivity contribution < 1.29 is 9.53 Å². The van der Waals surface area contributed by atoms with Gasteiger partial charge in [-0.05, 0) is 30.7 Å². The van der Waals surface area contributed by atoms with E-state index in [0.717, 1.165) is 36.3 Å². The third-order valence-electron chi connectivity index (χ3n) is 3.14. The Kier molecular flexibility index (Phi) is 5.75. The van der Waals surface area contributed by atoms with E-state index in [9.17, 15) is 4.79 Å². The third kappa shape index (κ3) is 4.56. The minimum atomic E-state index is 0.0408. The largest absolute Gasteiger partial charge is 0.497 e. The number of carbonyl (C=O) groups excluding carboxylic acids is 1. The molecule has 0 aliphatic heterocycles. The Labute approximate surface area is 129 Å². The van der Waals surface area contributed by atoms with Crippen molar-refractivity contribution in [2.24, 2.45) is 0 Å². The number of benzene rings is 1. The van der Waals surface area contributed by atoms with E-state index in [4.69, 9.17) is 4.74 Å². The van der Waals surface area contributed by atoms with Crippen LogP contribution in [0.3, 0.4) is 0 Å². The number of ether oxygens (including phenoxy) is 1. The smallest absolute Gasteiger partial charge is 0.226 e. The first-order valence-corrected chi connectivity index (χ1v) is 8.00. The van der Waals surface area contributed by atoms with E-state index in [2.05, 4.69) is 17.2 Å². The van der Waals surface area contributed by atoms with Crippen LogP contribution < -0.4 is 10.1 Å². The number of rotatable bonds is 7. The number of hydrogen-bond donors (Lipinski definition) is 1. The molecule has 1 heterocycles. The summed E-state index contributed by atoms with van der Waals surface area (Å²) in [6.07, 6.45) is 3.69. The minimum Gasteiger partial charge on any atom is -0.497 e. The van der Waals surface area contributed by atoms with Crippen molar-refractivity contribution in [1.82, 2.24) is 4.98 Å². The minimum absolute atomic E-state index is 0.0408. The molecule has 0 atom stereocenters. The number of methoxy groups -OCH3 is 1. The highest BCUT2D eigenvalue weighted by atomic mass is 32.1. The first-order valence-electron chi connectivity index (χ1n) is 7.12. The van der Waals surface area contributed by atoms with Gasteiger partial charge in [-0.3, -0.25) is 4.79 Å². The van der Waals surface area contributed by atoms with Crippen LogP contribution in [-0.2, 0) is 4.79 Å². The molecule has 0 spiro atoms. The van der Waals surface area contributed by atoms with Crippen molar-refractivity contribution in [3.05, 3.63) is 29.6 Å². The van der Waals surface area contributed by atoms with Crippen LogP contribution in [0.1, 0.15) is 32.6 Å². The summed E-state index contributed by atoms with van der Waals surface area (Å²) in [5.41, 5.74) is 1.88. The average molecular weight is 304 g/mol. The van der Waals surface area contributed by atoms with E-state index >= 15 is 0 Å². The number of nitrogens with one attached hydrogen (secondary N) is 1. The highest BCUT2D eigenvalue weighted by molar-refractivity contribution is 7.14. The second-order valence-electron chi connectivity index (χ2n) is 4.77. The molecular formula is C16H20N2O2S. The van der Waals surface area contributed by atoms with E-state index in [1.165, 1.54) is 11.3 Å². The van der Waals surface area contributed by atoms with Crippen LogP contribution in [0.15, 0.2) is 29.6 Å². The van der Waals surface area contributed by atoms with Crippen LogP contribution in [-0.4, -0.2) is 18.0 Å². The van der Waals surface area contributed by atoms with Crippen LogP contribution in [0.5, 0.6) is 5.75 Å². The van der Waals surface area contributed by atoms with E-state index in [1.807, 2.05) is 29.6 Å². The summed E-state index contributed by atoms with van der Waals surface area (Å²) in [4.78, 5) is 16.2. The molecule has 21 heavy (non-hydrogen) atoms. The maximum Gasteiger partial charge on any atom is 0.226 e. The third-order valence-corrected chi connectivity index (χ3v) is 3.90. The number of anilines is 1. The quantitative estimate of drug-likeness (QED) is 0.774. The summed E-state index contributed by atoms with van der Waals surface area (Å²) >= 11 is 1.45. The monoisotopic (exact) mass is 304 g/mol. The predicted octanol–water partition coefficient (Wildman–Crippen LogP) is 4.34. The zero-order valence-electron chi connectivity index (χ0n) is 12.4. The molecular weight excluding hydrogens is 284 g/mol. The van der Waals surface area contributed by atoms with Gasteiger partial charge in [-0.1, -0.05) is 19.8 Å². The molecule has 4 nitrogen and oxygen atoms in total. The molecule has 0 aliphatic rings. The van der Waals surface area contributed by atoms with Gasteiger partial charge in [0.25, 0.3) is 0 Å². The lowest BCUT2D eigenvalue weighted by Crippen LogP contribution is -2.10. The van der Waals surface area contributed by atoms with E-state index < -0.39 is 0 Å². The number of aromatic nitrogens is 1. The molecule has 0 bridgehead atoms. The van der Waals surface area contributed by atoms with Crippen molar-refractivity contribution in [2.45, 2.75) is 32.6 Å². The van der Waals surface area contributed by atoms with Crippen LogP contribution in [0.2, 0.25) is 0 Å². The Hall–Kier alpha value is -1.88. The number of thiazole rings is 1. The number of unbranched alkanes of at least 4 members (excludes halogenated alkanes) is 2. The molecule has 112 valence electrons. The van der Waals surface area contributed by atoms with Crippen molar-refractivity contribution in [3.63, 3.8) is 0 Å². The van der Waals surface area contributed by atoms with Gasteiger partial charge in [0, 0.05) is 17.4 Å². The molecule has 1 aromatic carbocycles. The number of nitrogens with zero attached hydrogens (tertiary/aromatic N) is 1. The lowest BCUT2D eigenvalue weighted by molar-refractivity contribution is -0.116. The molecule has 0 radical (unpaired) electrons. The van der Waals surface area contributed by atoms with Crippen molar-refractivity contribution >= 4 is 22.4 Å². The van der Waals surface area contributed by atoms with Crippen molar-refractivity contribution in [1.29, 1.82) is 0 Å². The van der Waals surface area contributed by atoms with Gasteiger partial charge in [0.2, 0.25) is 5.91 Å². The fourth-order valence-corrected chi connectivity index (χ4v) is 2.68. The summed E-state index contributed by atoms with van der Waals surface area (Å²) in [7, 11) is 1.64. The standard InChI is InChI=1S/C16H20N2O2S/c1-3-4-5-6-15(19)18-16-17-14(11-21-16)12-7-9-13(20-2)10-8-12/h7-11H,3-6H2,1-2H3,(H,17,18,19). The van der Waals surface area contributed by atoms with Gasteiger partial charge in [-0.15, -0.1) is 11.3 Å². The number of hydrogen-bond acceptors (Lipinski definition) is 4. The SMILES string of the molecule is CCCCCC(=O)Nc1nc(-c2ccc(OC)cc2)cs1. The topological polar surface area (TPSA) is 51.2 Å². The van der Waals surface area contributed by atoms with Crippen LogP contribution in [0.4, 0.5) is 5.13 Å². The fraction of sp³-hybridized carbons (Fsp3) is 0.375. The second-order valence-corrected chi connectivity index (χ2v) is 5.63. The van der Waals surface area contributed by atoms with Crippen LogP contribution in [0.25, 0.3) is 11.3 Å². The summed E-state index contributed by atoms with van der Waals surface area (Å²) in [5.74, 6) is 0.859. The van der Waals surface area contributed by atoms with Gasteiger partial charge in [0.1, 0.15) is 5.75 Å². The zero-order chi connectivity index (χ0) is 15.1. The fourth-order valence-electron chi connectivity index (χ4n) is 1.94. The van der Waals surface area contributed by atoms with E-state index in [0.29, 0.717) is 11.6 Å². The molecule has 0 saturated heterocycles. The van der Waals surface area contributed by atoms with Gasteiger partial charge < -0.3 is 10.1 Å². The van der Waals surface area contributed by atoms with Crippen molar-refractivity contribution in [2.75, 3.05) is 12.4 Å².